The van der Waals surface area contributed by atoms with Gasteiger partial charge < -0.3 is 10.2 Å². The first-order valence-electron chi connectivity index (χ1n) is 11.9. The van der Waals surface area contributed by atoms with E-state index < -0.39 is 46.2 Å². The van der Waals surface area contributed by atoms with E-state index in [2.05, 4.69) is 5.32 Å². The van der Waals surface area contributed by atoms with Gasteiger partial charge in [0.05, 0.1) is 16.1 Å². The Hall–Kier alpha value is -3.57. The van der Waals surface area contributed by atoms with Crippen molar-refractivity contribution in [2.45, 2.75) is 37.0 Å². The largest absolute Gasteiger partial charge is 0.416 e. The second-order valence-corrected chi connectivity index (χ2v) is 10.8. The van der Waals surface area contributed by atoms with Gasteiger partial charge in [0.1, 0.15) is 12.6 Å². The van der Waals surface area contributed by atoms with Crippen molar-refractivity contribution in [2.75, 3.05) is 17.9 Å². The summed E-state index contributed by atoms with van der Waals surface area (Å²) >= 11 is 6.30. The molecule has 0 unspecified atom stereocenters. The average Bonchev–Trinajstić information content (AvgIpc) is 2.92. The molecule has 7 nitrogen and oxygen atoms in total. The van der Waals surface area contributed by atoms with Gasteiger partial charge in [-0.15, -0.1) is 0 Å². The molecule has 0 radical (unpaired) electrons. The first-order valence-corrected chi connectivity index (χ1v) is 13.7. The lowest BCUT2D eigenvalue weighted by molar-refractivity contribution is -0.140. The fraction of sp³-hybridized carbons (Fsp3) is 0.259. The first kappa shape index (κ1) is 30.0. The number of benzene rings is 3. The number of carbonyl (C=O) groups is 2. The van der Waals surface area contributed by atoms with E-state index in [1.165, 1.54) is 42.3 Å². The van der Waals surface area contributed by atoms with Crippen LogP contribution in [0.5, 0.6) is 0 Å². The van der Waals surface area contributed by atoms with Gasteiger partial charge in [0.2, 0.25) is 11.8 Å². The van der Waals surface area contributed by atoms with Gasteiger partial charge in [0, 0.05) is 18.6 Å². The van der Waals surface area contributed by atoms with Gasteiger partial charge in [-0.1, -0.05) is 61.0 Å². The molecule has 0 aromatic heterocycles. The van der Waals surface area contributed by atoms with Gasteiger partial charge in [0.15, 0.2) is 0 Å². The van der Waals surface area contributed by atoms with Crippen LogP contribution >= 0.6 is 11.6 Å². The first-order chi connectivity index (χ1) is 18.4. The van der Waals surface area contributed by atoms with Crippen molar-refractivity contribution >= 4 is 39.1 Å². The van der Waals surface area contributed by atoms with E-state index in [1.807, 2.05) is 0 Å². The van der Waals surface area contributed by atoms with Crippen molar-refractivity contribution < 1.29 is 31.2 Å². The topological polar surface area (TPSA) is 86.8 Å². The summed E-state index contributed by atoms with van der Waals surface area (Å²) in [6, 6.07) is 16.4. The Morgan fingerprint density at radius 2 is 1.62 bits per heavy atom. The van der Waals surface area contributed by atoms with Crippen molar-refractivity contribution in [2.24, 2.45) is 0 Å². The summed E-state index contributed by atoms with van der Waals surface area (Å²) in [4.78, 5) is 27.5. The molecule has 3 aromatic rings. The summed E-state index contributed by atoms with van der Waals surface area (Å²) < 4.78 is 68.5. The van der Waals surface area contributed by atoms with Crippen LogP contribution in [0.15, 0.2) is 83.8 Å². The van der Waals surface area contributed by atoms with Gasteiger partial charge >= 0.3 is 6.18 Å². The molecule has 2 amide bonds. The lowest BCUT2D eigenvalue weighted by atomic mass is 10.1. The van der Waals surface area contributed by atoms with Gasteiger partial charge in [-0.25, -0.2) is 8.42 Å². The number of likely N-dealkylation sites (N-methyl/N-ethyl adjacent to an activating group) is 1. The smallest absolute Gasteiger partial charge is 0.357 e. The molecule has 0 aliphatic carbocycles. The molecule has 1 atom stereocenters. The van der Waals surface area contributed by atoms with Crippen LogP contribution in [0.3, 0.4) is 0 Å². The molecule has 0 aliphatic rings. The third-order valence-electron chi connectivity index (χ3n) is 6.00. The second-order valence-electron chi connectivity index (χ2n) is 8.52. The summed E-state index contributed by atoms with van der Waals surface area (Å²) in [5, 5.41) is 2.82. The molecule has 0 saturated heterocycles. The number of halogens is 4. The van der Waals surface area contributed by atoms with Crippen LogP contribution in [-0.2, 0) is 32.3 Å². The van der Waals surface area contributed by atoms with Crippen LogP contribution < -0.4 is 9.62 Å². The molecule has 0 aliphatic heterocycles. The lowest BCUT2D eigenvalue weighted by Gasteiger charge is -2.33. The highest BCUT2D eigenvalue weighted by Gasteiger charge is 2.35. The van der Waals surface area contributed by atoms with Gasteiger partial charge in [-0.3, -0.25) is 13.9 Å². The van der Waals surface area contributed by atoms with Crippen molar-refractivity contribution in [3.63, 3.8) is 0 Å². The monoisotopic (exact) mass is 581 g/mol. The number of alkyl halides is 3. The Morgan fingerprint density at radius 1 is 0.974 bits per heavy atom. The zero-order valence-corrected chi connectivity index (χ0v) is 22.7. The number of anilines is 1. The van der Waals surface area contributed by atoms with Gasteiger partial charge in [-0.05, 0) is 48.4 Å². The summed E-state index contributed by atoms with van der Waals surface area (Å²) in [5.74, 6) is -1.29. The minimum atomic E-state index is -4.75. The minimum absolute atomic E-state index is 0.133. The molecule has 3 aromatic carbocycles. The van der Waals surface area contributed by atoms with Crippen LogP contribution in [0.25, 0.3) is 0 Å². The molecule has 12 heteroatoms. The standard InChI is InChI=1S/C27H27ClF3N3O4S/c1-3-24(26(36)32-2)33(17-19-10-7-8-15-23(19)28)25(35)18-34(39(37,38)22-13-5-4-6-14-22)21-12-9-11-20(16-21)27(29,30)31/h4-16,24H,3,17-18H2,1-2H3,(H,32,36)/t24-/m0/s1. The van der Waals surface area contributed by atoms with Gasteiger partial charge in [0.25, 0.3) is 10.0 Å². The normalized spacial score (nSPS) is 12.5. The number of rotatable bonds is 10. The van der Waals surface area contributed by atoms with Crippen molar-refractivity contribution in [1.29, 1.82) is 0 Å². The number of hydrogen-bond acceptors (Lipinski definition) is 4. The van der Waals surface area contributed by atoms with E-state index in [0.29, 0.717) is 21.0 Å². The van der Waals surface area contributed by atoms with E-state index in [0.717, 1.165) is 12.1 Å². The van der Waals surface area contributed by atoms with E-state index in [-0.39, 0.29) is 23.5 Å². The van der Waals surface area contributed by atoms with Crippen LogP contribution in [0.1, 0.15) is 24.5 Å². The fourth-order valence-electron chi connectivity index (χ4n) is 3.98. The number of sulfonamides is 1. The number of hydrogen-bond donors (Lipinski definition) is 1. The number of nitrogens with one attached hydrogen (secondary N) is 1. The Morgan fingerprint density at radius 3 is 2.21 bits per heavy atom. The summed E-state index contributed by atoms with van der Waals surface area (Å²) in [5.41, 5.74) is -0.926. The van der Waals surface area contributed by atoms with Gasteiger partial charge in [-0.2, -0.15) is 13.2 Å². The molecule has 3 rings (SSSR count). The van der Waals surface area contributed by atoms with Crippen LogP contribution in [0, 0.1) is 0 Å². The second kappa shape index (κ2) is 12.5. The van der Waals surface area contributed by atoms with Crippen LogP contribution in [-0.4, -0.2) is 44.8 Å². The summed E-state index contributed by atoms with van der Waals surface area (Å²) in [6.45, 7) is 0.681. The highest BCUT2D eigenvalue weighted by molar-refractivity contribution is 7.92. The molecular formula is C27H27ClF3N3O4S. The quantitative estimate of drug-likeness (QED) is 0.361. The molecule has 0 fully saturated rings. The maximum atomic E-state index is 13.8. The van der Waals surface area contributed by atoms with E-state index in [1.54, 1.807) is 37.3 Å². The third-order valence-corrected chi connectivity index (χ3v) is 8.16. The highest BCUT2D eigenvalue weighted by atomic mass is 35.5. The Labute approximate surface area is 230 Å². The van der Waals surface area contributed by atoms with Crippen LogP contribution in [0.2, 0.25) is 5.02 Å². The zero-order chi connectivity index (χ0) is 28.8. The molecule has 0 heterocycles. The predicted octanol–water partition coefficient (Wildman–Crippen LogP) is 5.11. The molecule has 0 spiro atoms. The number of carbonyl (C=O) groups excluding carboxylic acids is 2. The van der Waals surface area contributed by atoms with E-state index in [9.17, 15) is 31.2 Å². The van der Waals surface area contributed by atoms with E-state index >= 15 is 0 Å². The minimum Gasteiger partial charge on any atom is -0.357 e. The lowest BCUT2D eigenvalue weighted by Crippen LogP contribution is -2.51. The van der Waals surface area contributed by atoms with E-state index in [4.69, 9.17) is 11.6 Å². The Bertz CT molecular complexity index is 1420. The Kier molecular flexibility index (Phi) is 9.63. The van der Waals surface area contributed by atoms with Crippen molar-refractivity contribution in [3.8, 4) is 0 Å². The molecule has 0 bridgehead atoms. The number of amides is 2. The molecule has 39 heavy (non-hydrogen) atoms. The number of nitrogens with zero attached hydrogens (tertiary/aromatic N) is 2. The summed E-state index contributed by atoms with van der Waals surface area (Å²) in [7, 11) is -3.09. The molecule has 0 saturated carbocycles. The molecule has 208 valence electrons. The fourth-order valence-corrected chi connectivity index (χ4v) is 5.60. The maximum Gasteiger partial charge on any atom is 0.416 e. The average molecular weight is 582 g/mol. The predicted molar refractivity (Wildman–Crippen MR) is 143 cm³/mol. The Balaban J connectivity index is 2.12. The maximum absolute atomic E-state index is 13.8. The summed E-state index contributed by atoms with van der Waals surface area (Å²) in [6.07, 6.45) is -4.56. The third kappa shape index (κ3) is 7.10. The zero-order valence-electron chi connectivity index (χ0n) is 21.2. The van der Waals surface area contributed by atoms with Crippen molar-refractivity contribution in [1.82, 2.24) is 10.2 Å². The SMILES string of the molecule is CC[C@@H](C(=O)NC)N(Cc1ccccc1Cl)C(=O)CN(c1cccc(C(F)(F)F)c1)S(=O)(=O)c1ccccc1. The highest BCUT2D eigenvalue weighted by Crippen LogP contribution is 2.33. The molecular weight excluding hydrogens is 555 g/mol. The van der Waals surface area contributed by atoms with Crippen LogP contribution in [0.4, 0.5) is 18.9 Å². The molecule has 1 N–H and O–H groups in total. The van der Waals surface area contributed by atoms with Crippen molar-refractivity contribution in [3.05, 3.63) is 95.0 Å².